The highest BCUT2D eigenvalue weighted by Gasteiger charge is 2.19. The topological polar surface area (TPSA) is 49.8 Å². The summed E-state index contributed by atoms with van der Waals surface area (Å²) in [5.74, 6) is 0.638. The van der Waals surface area contributed by atoms with Crippen LogP contribution in [0.15, 0.2) is 24.3 Å². The summed E-state index contributed by atoms with van der Waals surface area (Å²) in [7, 11) is 0. The van der Waals surface area contributed by atoms with E-state index >= 15 is 0 Å². The molecule has 1 rings (SSSR count). The van der Waals surface area contributed by atoms with Gasteiger partial charge in [-0.15, -0.1) is 0 Å². The summed E-state index contributed by atoms with van der Waals surface area (Å²) < 4.78 is 5.68. The first kappa shape index (κ1) is 16.5. The van der Waals surface area contributed by atoms with Crippen molar-refractivity contribution in [2.24, 2.45) is 0 Å². The Labute approximate surface area is 121 Å². The van der Waals surface area contributed by atoms with Crippen LogP contribution in [-0.4, -0.2) is 42.2 Å². The zero-order chi connectivity index (χ0) is 15.2. The van der Waals surface area contributed by atoms with Crippen molar-refractivity contribution < 1.29 is 14.6 Å². The van der Waals surface area contributed by atoms with Gasteiger partial charge in [-0.05, 0) is 24.0 Å². The number of carbonyl (C=O) groups is 1. The number of carbonyl (C=O) groups excluding carboxylic acids is 1. The quantitative estimate of drug-likeness (QED) is 0.868. The third kappa shape index (κ3) is 4.53. The molecule has 0 saturated carbocycles. The molecule has 1 aromatic rings. The minimum absolute atomic E-state index is 0.000926. The maximum atomic E-state index is 12.0. The van der Waals surface area contributed by atoms with Crippen LogP contribution in [0, 0.1) is 0 Å². The van der Waals surface area contributed by atoms with Gasteiger partial charge in [-0.1, -0.05) is 39.0 Å². The van der Waals surface area contributed by atoms with Gasteiger partial charge in [0.05, 0.1) is 6.61 Å². The number of likely N-dealkylation sites (N-methyl/N-ethyl adjacent to an activating group) is 1. The molecule has 0 saturated heterocycles. The number of aliphatic hydroxyl groups excluding tert-OH is 1. The van der Waals surface area contributed by atoms with Crippen molar-refractivity contribution in [3.8, 4) is 5.75 Å². The number of rotatable bonds is 6. The van der Waals surface area contributed by atoms with Crippen molar-refractivity contribution in [2.75, 3.05) is 26.3 Å². The standard InChI is InChI=1S/C16H25NO3/c1-5-17(10-11-18)15(19)12-20-14-9-7-6-8-13(14)16(2,3)4/h6-9,18H,5,10-12H2,1-4H3. The van der Waals surface area contributed by atoms with Crippen molar-refractivity contribution in [2.45, 2.75) is 33.1 Å². The van der Waals surface area contributed by atoms with Crippen molar-refractivity contribution in [1.82, 2.24) is 4.90 Å². The summed E-state index contributed by atoms with van der Waals surface area (Å²) in [4.78, 5) is 13.6. The molecule has 20 heavy (non-hydrogen) atoms. The van der Waals surface area contributed by atoms with E-state index in [0.717, 1.165) is 11.3 Å². The van der Waals surface area contributed by atoms with Gasteiger partial charge in [0.1, 0.15) is 5.75 Å². The third-order valence-electron chi connectivity index (χ3n) is 3.15. The van der Waals surface area contributed by atoms with Gasteiger partial charge in [-0.3, -0.25) is 4.79 Å². The second-order valence-electron chi connectivity index (χ2n) is 5.73. The second-order valence-corrected chi connectivity index (χ2v) is 5.73. The molecule has 1 N–H and O–H groups in total. The lowest BCUT2D eigenvalue weighted by Crippen LogP contribution is -2.37. The monoisotopic (exact) mass is 279 g/mol. The molecule has 4 nitrogen and oxygen atoms in total. The fraction of sp³-hybridized carbons (Fsp3) is 0.562. The molecule has 0 fully saturated rings. The van der Waals surface area contributed by atoms with Crippen molar-refractivity contribution in [3.05, 3.63) is 29.8 Å². The molecular weight excluding hydrogens is 254 g/mol. The Morgan fingerprint density at radius 1 is 1.30 bits per heavy atom. The number of hydrogen-bond donors (Lipinski definition) is 1. The van der Waals surface area contributed by atoms with Crippen LogP contribution in [-0.2, 0) is 10.2 Å². The molecule has 0 aliphatic heterocycles. The zero-order valence-electron chi connectivity index (χ0n) is 12.8. The molecule has 1 aromatic carbocycles. The lowest BCUT2D eigenvalue weighted by Gasteiger charge is -2.24. The van der Waals surface area contributed by atoms with Crippen LogP contribution < -0.4 is 4.74 Å². The third-order valence-corrected chi connectivity index (χ3v) is 3.15. The molecule has 0 heterocycles. The van der Waals surface area contributed by atoms with E-state index in [2.05, 4.69) is 20.8 Å². The first-order valence-electron chi connectivity index (χ1n) is 7.01. The van der Waals surface area contributed by atoms with Crippen LogP contribution in [0.5, 0.6) is 5.75 Å². The predicted molar refractivity (Wildman–Crippen MR) is 80.0 cm³/mol. The zero-order valence-corrected chi connectivity index (χ0v) is 12.8. The molecule has 0 radical (unpaired) electrons. The van der Waals surface area contributed by atoms with E-state index in [9.17, 15) is 4.79 Å². The Morgan fingerprint density at radius 3 is 2.50 bits per heavy atom. The van der Waals surface area contributed by atoms with Crippen LogP contribution in [0.2, 0.25) is 0 Å². The number of benzene rings is 1. The Hall–Kier alpha value is -1.55. The summed E-state index contributed by atoms with van der Waals surface area (Å²) >= 11 is 0. The van der Waals surface area contributed by atoms with Gasteiger partial charge in [0.25, 0.3) is 5.91 Å². The molecule has 0 aliphatic rings. The fourth-order valence-corrected chi connectivity index (χ4v) is 2.02. The number of amides is 1. The summed E-state index contributed by atoms with van der Waals surface area (Å²) in [5.41, 5.74) is 1.05. The number of hydrogen-bond acceptors (Lipinski definition) is 3. The number of nitrogens with zero attached hydrogens (tertiary/aromatic N) is 1. The highest BCUT2D eigenvalue weighted by molar-refractivity contribution is 5.77. The second kappa shape index (κ2) is 7.29. The molecule has 0 unspecified atom stereocenters. The minimum Gasteiger partial charge on any atom is -0.483 e. The van der Waals surface area contributed by atoms with Crippen LogP contribution in [0.1, 0.15) is 33.3 Å². The normalized spacial score (nSPS) is 11.2. The van der Waals surface area contributed by atoms with Crippen LogP contribution in [0.3, 0.4) is 0 Å². The molecule has 0 atom stereocenters. The molecular formula is C16H25NO3. The lowest BCUT2D eigenvalue weighted by atomic mass is 9.86. The fourth-order valence-electron chi connectivity index (χ4n) is 2.02. The lowest BCUT2D eigenvalue weighted by molar-refractivity contribution is -0.133. The van der Waals surface area contributed by atoms with E-state index < -0.39 is 0 Å². The van der Waals surface area contributed by atoms with Gasteiger partial charge < -0.3 is 14.7 Å². The highest BCUT2D eigenvalue weighted by Crippen LogP contribution is 2.30. The number of para-hydroxylation sites is 1. The number of ether oxygens (including phenoxy) is 1. The first-order valence-corrected chi connectivity index (χ1v) is 7.01. The van der Waals surface area contributed by atoms with E-state index in [1.54, 1.807) is 4.90 Å². The van der Waals surface area contributed by atoms with Gasteiger partial charge >= 0.3 is 0 Å². The molecule has 0 aliphatic carbocycles. The van der Waals surface area contributed by atoms with Gasteiger partial charge in [-0.2, -0.15) is 0 Å². The Kier molecular flexibility index (Phi) is 6.02. The van der Waals surface area contributed by atoms with Gasteiger partial charge in [0, 0.05) is 13.1 Å². The average molecular weight is 279 g/mol. The summed E-state index contributed by atoms with van der Waals surface area (Å²) in [5, 5.41) is 8.92. The van der Waals surface area contributed by atoms with E-state index in [4.69, 9.17) is 9.84 Å². The average Bonchev–Trinajstić information content (AvgIpc) is 2.41. The van der Waals surface area contributed by atoms with E-state index in [1.807, 2.05) is 31.2 Å². The van der Waals surface area contributed by atoms with Gasteiger partial charge in [-0.25, -0.2) is 0 Å². The van der Waals surface area contributed by atoms with Crippen LogP contribution >= 0.6 is 0 Å². The Balaban J connectivity index is 2.73. The van der Waals surface area contributed by atoms with E-state index in [-0.39, 0.29) is 24.5 Å². The molecule has 1 amide bonds. The van der Waals surface area contributed by atoms with E-state index in [0.29, 0.717) is 13.1 Å². The van der Waals surface area contributed by atoms with Crippen LogP contribution in [0.25, 0.3) is 0 Å². The van der Waals surface area contributed by atoms with Crippen LogP contribution in [0.4, 0.5) is 0 Å². The van der Waals surface area contributed by atoms with Gasteiger partial charge in [0.2, 0.25) is 0 Å². The summed E-state index contributed by atoms with van der Waals surface area (Å²) in [6.45, 7) is 9.11. The summed E-state index contributed by atoms with van der Waals surface area (Å²) in [6, 6.07) is 7.78. The smallest absolute Gasteiger partial charge is 0.260 e. The van der Waals surface area contributed by atoms with Crippen molar-refractivity contribution >= 4 is 5.91 Å². The number of aliphatic hydroxyl groups is 1. The molecule has 0 aromatic heterocycles. The molecule has 0 bridgehead atoms. The van der Waals surface area contributed by atoms with E-state index in [1.165, 1.54) is 0 Å². The maximum absolute atomic E-state index is 12.0. The minimum atomic E-state index is -0.106. The van der Waals surface area contributed by atoms with Crippen molar-refractivity contribution in [3.63, 3.8) is 0 Å². The SMILES string of the molecule is CCN(CCO)C(=O)COc1ccccc1C(C)(C)C. The molecule has 4 heteroatoms. The maximum Gasteiger partial charge on any atom is 0.260 e. The predicted octanol–water partition coefficient (Wildman–Crippen LogP) is 2.20. The Morgan fingerprint density at radius 2 is 1.95 bits per heavy atom. The van der Waals surface area contributed by atoms with Crippen molar-refractivity contribution in [1.29, 1.82) is 0 Å². The molecule has 0 spiro atoms. The largest absolute Gasteiger partial charge is 0.483 e. The molecule has 112 valence electrons. The van der Waals surface area contributed by atoms with Gasteiger partial charge in [0.15, 0.2) is 6.61 Å². The highest BCUT2D eigenvalue weighted by atomic mass is 16.5. The Bertz CT molecular complexity index is 438. The summed E-state index contributed by atoms with van der Waals surface area (Å²) in [6.07, 6.45) is 0. The first-order chi connectivity index (χ1) is 9.40.